The van der Waals surface area contributed by atoms with Crippen LogP contribution in [0.1, 0.15) is 41.5 Å². The summed E-state index contributed by atoms with van der Waals surface area (Å²) in [6.45, 7) is 11.6. The molecule has 0 N–H and O–H groups in total. The minimum atomic E-state index is -4.26. The first-order valence-electron chi connectivity index (χ1n) is 15.4. The van der Waals surface area contributed by atoms with E-state index in [9.17, 15) is 25.3 Å². The maximum Gasteiger partial charge on any atom is 0.247 e. The lowest BCUT2D eigenvalue weighted by atomic mass is 10.3. The Morgan fingerprint density at radius 2 is 0.870 bits per heavy atom. The molecule has 2 aromatic carbocycles. The molecule has 3 aliphatic rings. The molecule has 0 unspecified atom stereocenters. The van der Waals surface area contributed by atoms with Crippen molar-refractivity contribution in [3.63, 3.8) is 0 Å². The van der Waals surface area contributed by atoms with Crippen LogP contribution in [0.5, 0.6) is 11.5 Å². The number of ether oxygens (including phenoxy) is 4. The normalized spacial score (nSPS) is 29.4. The average molecular weight is 702 g/mol. The lowest BCUT2D eigenvalue weighted by molar-refractivity contribution is -0.0442. The van der Waals surface area contributed by atoms with Crippen molar-refractivity contribution in [1.29, 1.82) is 0 Å². The largest absolute Gasteiger partial charge is 0.456 e. The second-order valence-corrected chi connectivity index (χ2v) is 18.2. The number of nitrogens with zero attached hydrogens (tertiary/aromatic N) is 3. The molecule has 46 heavy (non-hydrogen) atoms. The summed E-state index contributed by atoms with van der Waals surface area (Å²) < 4.78 is 109. The van der Waals surface area contributed by atoms with Crippen molar-refractivity contribution in [2.75, 3.05) is 39.3 Å². The first kappa shape index (κ1) is 35.2. The zero-order valence-corrected chi connectivity index (χ0v) is 29.3. The molecule has 13 nitrogen and oxygen atoms in total. The molecular formula is C30H43N3O10S3. The molecule has 3 aliphatic heterocycles. The van der Waals surface area contributed by atoms with E-state index in [-0.39, 0.29) is 102 Å². The van der Waals surface area contributed by atoms with Gasteiger partial charge in [-0.05, 0) is 84.0 Å². The van der Waals surface area contributed by atoms with Crippen molar-refractivity contribution in [3.05, 3.63) is 42.5 Å². The Morgan fingerprint density at radius 1 is 0.522 bits per heavy atom. The summed E-state index contributed by atoms with van der Waals surface area (Å²) in [5, 5.41) is 0. The second kappa shape index (κ2) is 13.4. The Kier molecular flexibility index (Phi) is 10.2. The third-order valence-electron chi connectivity index (χ3n) is 8.02. The highest BCUT2D eigenvalue weighted by molar-refractivity contribution is 7.90. The quantitative estimate of drug-likeness (QED) is 0.402. The molecule has 0 spiro atoms. The topological polar surface area (TPSA) is 149 Å². The molecule has 0 bridgehead atoms. The maximum atomic E-state index is 14.1. The molecule has 256 valence electrons. The number of benzene rings is 2. The van der Waals surface area contributed by atoms with E-state index in [1.807, 2.05) is 13.8 Å². The smallest absolute Gasteiger partial charge is 0.247 e. The standard InChI is InChI=1S/C30H43N3O10S3/c1-20-14-31(15-21(2)40-20)44(34,35)27-9-7-26(8-10-27)43-29-12-11-28(45(36,37)32-16-22(3)41-23(4)17-32)13-30(29)46(38,39)33-18-24(5)42-25(6)19-33/h7-13,20-25H,14-19H2,1-6H3/t20-,21+,22-,23+,24-,25+. The van der Waals surface area contributed by atoms with Crippen LogP contribution in [-0.2, 0) is 44.3 Å². The summed E-state index contributed by atoms with van der Waals surface area (Å²) in [6.07, 6.45) is -1.91. The van der Waals surface area contributed by atoms with Crippen LogP contribution in [0.3, 0.4) is 0 Å². The average Bonchev–Trinajstić information content (AvgIpc) is 2.96. The van der Waals surface area contributed by atoms with Gasteiger partial charge in [-0.1, -0.05) is 0 Å². The molecule has 6 atom stereocenters. The maximum absolute atomic E-state index is 14.1. The van der Waals surface area contributed by atoms with Crippen LogP contribution in [0, 0.1) is 0 Å². The first-order valence-corrected chi connectivity index (χ1v) is 19.7. The van der Waals surface area contributed by atoms with Gasteiger partial charge in [0.1, 0.15) is 16.4 Å². The summed E-state index contributed by atoms with van der Waals surface area (Å²) in [5.41, 5.74) is 0. The Morgan fingerprint density at radius 3 is 1.28 bits per heavy atom. The minimum absolute atomic E-state index is 0.0562. The minimum Gasteiger partial charge on any atom is -0.456 e. The Labute approximate surface area is 272 Å². The van der Waals surface area contributed by atoms with Gasteiger partial charge in [0.2, 0.25) is 30.1 Å². The van der Waals surface area contributed by atoms with Crippen LogP contribution in [0.15, 0.2) is 57.2 Å². The van der Waals surface area contributed by atoms with Crippen molar-refractivity contribution in [2.24, 2.45) is 0 Å². The van der Waals surface area contributed by atoms with Crippen molar-refractivity contribution in [2.45, 2.75) is 92.9 Å². The second-order valence-electron chi connectivity index (χ2n) is 12.4. The van der Waals surface area contributed by atoms with E-state index in [2.05, 4.69) is 0 Å². The zero-order chi connectivity index (χ0) is 33.6. The summed E-state index contributed by atoms with van der Waals surface area (Å²) >= 11 is 0. The predicted molar refractivity (Wildman–Crippen MR) is 169 cm³/mol. The molecule has 3 saturated heterocycles. The van der Waals surface area contributed by atoms with Gasteiger partial charge in [0.05, 0.1) is 46.4 Å². The van der Waals surface area contributed by atoms with Crippen molar-refractivity contribution >= 4 is 30.1 Å². The van der Waals surface area contributed by atoms with Crippen molar-refractivity contribution in [3.8, 4) is 11.5 Å². The summed E-state index contributed by atoms with van der Waals surface area (Å²) in [5.74, 6) is 0.0789. The number of hydrogen-bond donors (Lipinski definition) is 0. The van der Waals surface area contributed by atoms with Gasteiger partial charge in [0.15, 0.2) is 0 Å². The molecule has 0 aromatic heterocycles. The van der Waals surface area contributed by atoms with Gasteiger partial charge >= 0.3 is 0 Å². The highest BCUT2D eigenvalue weighted by Gasteiger charge is 2.38. The number of rotatable bonds is 8. The lowest BCUT2D eigenvalue weighted by Gasteiger charge is -2.35. The fourth-order valence-corrected chi connectivity index (χ4v) is 11.2. The fourth-order valence-electron chi connectivity index (χ4n) is 6.16. The lowest BCUT2D eigenvalue weighted by Crippen LogP contribution is -2.48. The molecule has 16 heteroatoms. The van der Waals surface area contributed by atoms with E-state index >= 15 is 0 Å². The van der Waals surface area contributed by atoms with E-state index in [1.165, 1.54) is 49.3 Å². The highest BCUT2D eigenvalue weighted by Crippen LogP contribution is 2.36. The van der Waals surface area contributed by atoms with Crippen LogP contribution in [-0.4, -0.2) is 114 Å². The molecule has 3 heterocycles. The van der Waals surface area contributed by atoms with E-state index in [1.54, 1.807) is 27.7 Å². The molecule has 0 aliphatic carbocycles. The van der Waals surface area contributed by atoms with E-state index in [0.717, 1.165) is 6.07 Å². The Bertz CT molecular complexity index is 1710. The van der Waals surface area contributed by atoms with Gasteiger partial charge in [0.25, 0.3) is 0 Å². The van der Waals surface area contributed by atoms with Crippen LogP contribution in [0.25, 0.3) is 0 Å². The van der Waals surface area contributed by atoms with Crippen LogP contribution < -0.4 is 4.74 Å². The van der Waals surface area contributed by atoms with Crippen LogP contribution in [0.2, 0.25) is 0 Å². The van der Waals surface area contributed by atoms with Crippen molar-refractivity contribution in [1.82, 2.24) is 12.9 Å². The van der Waals surface area contributed by atoms with Gasteiger partial charge in [0, 0.05) is 39.3 Å². The predicted octanol–water partition coefficient (Wildman–Crippen LogP) is 2.87. The SMILES string of the molecule is C[C@@H]1CN(S(=O)(=O)c2ccc(Oc3ccc(S(=O)(=O)N4C[C@@H](C)O[C@@H](C)C4)cc3S(=O)(=O)N3C[C@@H](C)O[C@@H](C)C3)cc2)C[C@H](C)O1. The zero-order valence-electron chi connectivity index (χ0n) is 26.9. The van der Waals surface area contributed by atoms with E-state index in [0.29, 0.717) is 0 Å². The summed E-state index contributed by atoms with van der Waals surface area (Å²) in [6, 6.07) is 9.45. The van der Waals surface area contributed by atoms with Gasteiger partial charge in [-0.15, -0.1) is 0 Å². The van der Waals surface area contributed by atoms with Gasteiger partial charge in [-0.3, -0.25) is 0 Å². The third kappa shape index (κ3) is 7.45. The van der Waals surface area contributed by atoms with Gasteiger partial charge in [-0.25, -0.2) is 25.3 Å². The number of hydrogen-bond acceptors (Lipinski definition) is 10. The molecule has 0 amide bonds. The first-order chi connectivity index (χ1) is 21.5. The van der Waals surface area contributed by atoms with Gasteiger partial charge < -0.3 is 18.9 Å². The number of sulfonamides is 3. The highest BCUT2D eigenvalue weighted by atomic mass is 32.2. The summed E-state index contributed by atoms with van der Waals surface area (Å²) in [4.78, 5) is -0.456. The third-order valence-corrected chi connectivity index (χ3v) is 13.5. The van der Waals surface area contributed by atoms with Crippen molar-refractivity contribution < 1.29 is 44.2 Å². The van der Waals surface area contributed by atoms with Crippen LogP contribution >= 0.6 is 0 Å². The Hall–Kier alpha value is -2.15. The monoisotopic (exact) mass is 701 g/mol. The van der Waals surface area contributed by atoms with Gasteiger partial charge in [-0.2, -0.15) is 12.9 Å². The molecule has 3 fully saturated rings. The van der Waals surface area contributed by atoms with E-state index < -0.39 is 30.1 Å². The molecule has 2 aromatic rings. The molecular weight excluding hydrogens is 659 g/mol. The molecule has 0 saturated carbocycles. The Balaban J connectivity index is 1.49. The van der Waals surface area contributed by atoms with E-state index in [4.69, 9.17) is 18.9 Å². The molecule has 0 radical (unpaired) electrons. The van der Waals surface area contributed by atoms with Crippen LogP contribution in [0.4, 0.5) is 0 Å². The fraction of sp³-hybridized carbons (Fsp3) is 0.600. The number of morpholine rings is 3. The molecule has 5 rings (SSSR count). The summed E-state index contributed by atoms with van der Waals surface area (Å²) in [7, 11) is -12.2.